The molecule has 2 rings (SSSR count). The fraction of sp³-hybridized carbons (Fsp3) is 0.0769. The Morgan fingerprint density at radius 1 is 1.30 bits per heavy atom. The van der Waals surface area contributed by atoms with Crippen molar-refractivity contribution in [1.82, 2.24) is 4.98 Å². The van der Waals surface area contributed by atoms with Gasteiger partial charge in [-0.05, 0) is 24.3 Å². The molecule has 2 N–H and O–H groups in total. The van der Waals surface area contributed by atoms with Gasteiger partial charge in [0.05, 0.1) is 4.92 Å². The number of nitrogens with two attached hydrogens (primary N) is 1. The summed E-state index contributed by atoms with van der Waals surface area (Å²) >= 11 is 0. The third-order valence-electron chi connectivity index (χ3n) is 2.76. The maximum absolute atomic E-state index is 12.2. The van der Waals surface area contributed by atoms with Gasteiger partial charge in [0.2, 0.25) is 0 Å². The number of amides is 1. The summed E-state index contributed by atoms with van der Waals surface area (Å²) in [4.78, 5) is 27.6. The molecule has 0 fully saturated rings. The molecule has 1 aromatic carbocycles. The maximum Gasteiger partial charge on any atom is 0.276 e. The van der Waals surface area contributed by atoms with E-state index < -0.39 is 4.92 Å². The molecule has 0 aliphatic heterocycles. The van der Waals surface area contributed by atoms with Gasteiger partial charge in [-0.15, -0.1) is 0 Å². The number of nitro benzene ring substituents is 1. The normalized spacial score (nSPS) is 10.1. The molecular weight excluding hydrogens is 260 g/mol. The molecule has 1 aromatic heterocycles. The van der Waals surface area contributed by atoms with E-state index in [-0.39, 0.29) is 17.3 Å². The highest BCUT2D eigenvalue weighted by molar-refractivity contribution is 6.04. The lowest BCUT2D eigenvalue weighted by Crippen LogP contribution is -2.27. The van der Waals surface area contributed by atoms with Crippen molar-refractivity contribution in [3.63, 3.8) is 0 Å². The lowest BCUT2D eigenvalue weighted by Gasteiger charge is -2.16. The fourth-order valence-corrected chi connectivity index (χ4v) is 1.65. The van der Waals surface area contributed by atoms with Gasteiger partial charge in [0.25, 0.3) is 11.6 Å². The zero-order chi connectivity index (χ0) is 14.7. The average Bonchev–Trinajstić information content (AvgIpc) is 2.46. The molecule has 0 saturated carbocycles. The van der Waals surface area contributed by atoms with Crippen LogP contribution in [0.5, 0.6) is 0 Å². The van der Waals surface area contributed by atoms with Crippen LogP contribution >= 0.6 is 0 Å². The highest BCUT2D eigenvalue weighted by atomic mass is 16.6. The minimum atomic E-state index is -0.495. The summed E-state index contributed by atoms with van der Waals surface area (Å²) in [6.07, 6.45) is 1.45. The van der Waals surface area contributed by atoms with Gasteiger partial charge in [0, 0.05) is 36.8 Å². The third-order valence-corrected chi connectivity index (χ3v) is 2.76. The summed E-state index contributed by atoms with van der Waals surface area (Å²) in [5, 5.41) is 10.6. The predicted octanol–water partition coefficient (Wildman–Crippen LogP) is 1.85. The Labute approximate surface area is 114 Å². The number of carbonyl (C=O) groups excluding carboxylic acids is 1. The van der Waals surface area contributed by atoms with Crippen LogP contribution in [0, 0.1) is 10.1 Å². The van der Waals surface area contributed by atoms with Crippen LogP contribution in [-0.2, 0) is 0 Å². The summed E-state index contributed by atoms with van der Waals surface area (Å²) in [6, 6.07) is 8.75. The van der Waals surface area contributed by atoms with Crippen LogP contribution in [0.15, 0.2) is 42.6 Å². The molecule has 7 heteroatoms. The molecule has 102 valence electrons. The Bertz CT molecular complexity index is 655. The van der Waals surface area contributed by atoms with E-state index in [2.05, 4.69) is 4.98 Å². The molecule has 20 heavy (non-hydrogen) atoms. The molecular formula is C13H12N4O3. The van der Waals surface area contributed by atoms with Crippen LogP contribution in [0.2, 0.25) is 0 Å². The van der Waals surface area contributed by atoms with Gasteiger partial charge in [-0.1, -0.05) is 0 Å². The zero-order valence-electron chi connectivity index (χ0n) is 10.7. The lowest BCUT2D eigenvalue weighted by atomic mass is 10.2. The zero-order valence-corrected chi connectivity index (χ0v) is 10.7. The largest absolute Gasteiger partial charge is 0.399 e. The van der Waals surface area contributed by atoms with Gasteiger partial charge < -0.3 is 10.6 Å². The molecule has 1 heterocycles. The van der Waals surface area contributed by atoms with E-state index in [1.54, 1.807) is 13.1 Å². The number of nitrogens with zero attached hydrogens (tertiary/aromatic N) is 3. The summed E-state index contributed by atoms with van der Waals surface area (Å²) in [5.74, 6) is -0.342. The topological polar surface area (TPSA) is 102 Å². The molecule has 0 unspecified atom stereocenters. The van der Waals surface area contributed by atoms with Crippen molar-refractivity contribution in [3.05, 3.63) is 58.4 Å². The highest BCUT2D eigenvalue weighted by Crippen LogP contribution is 2.19. The van der Waals surface area contributed by atoms with Gasteiger partial charge in [-0.3, -0.25) is 19.9 Å². The monoisotopic (exact) mass is 272 g/mol. The van der Waals surface area contributed by atoms with E-state index in [9.17, 15) is 14.9 Å². The standard InChI is InChI=1S/C13H12N4O3/c1-16(10-2-4-11(5-3-10)17(19)20)13(18)12-8-9(14)6-7-15-12/h2-8H,1H3,(H2,14,15). The van der Waals surface area contributed by atoms with E-state index in [1.807, 2.05) is 0 Å². The van der Waals surface area contributed by atoms with Crippen LogP contribution < -0.4 is 10.6 Å². The molecule has 2 aromatic rings. The summed E-state index contributed by atoms with van der Waals surface area (Å²) in [5.41, 5.74) is 6.76. The molecule has 0 aliphatic rings. The Morgan fingerprint density at radius 2 is 1.95 bits per heavy atom. The summed E-state index contributed by atoms with van der Waals surface area (Å²) < 4.78 is 0. The van der Waals surface area contributed by atoms with Crippen LogP contribution in [0.4, 0.5) is 17.1 Å². The first-order valence-corrected chi connectivity index (χ1v) is 5.73. The lowest BCUT2D eigenvalue weighted by molar-refractivity contribution is -0.384. The quantitative estimate of drug-likeness (QED) is 0.678. The van der Waals surface area contributed by atoms with E-state index in [1.165, 1.54) is 41.4 Å². The van der Waals surface area contributed by atoms with Crippen molar-refractivity contribution >= 4 is 23.0 Å². The number of non-ortho nitro benzene ring substituents is 1. The minimum Gasteiger partial charge on any atom is -0.399 e. The Hall–Kier alpha value is -2.96. The third kappa shape index (κ3) is 2.72. The minimum absolute atomic E-state index is 0.0309. The Kier molecular flexibility index (Phi) is 3.60. The number of rotatable bonds is 3. The summed E-state index contributed by atoms with van der Waals surface area (Å²) in [7, 11) is 1.56. The van der Waals surface area contributed by atoms with Crippen molar-refractivity contribution in [2.24, 2.45) is 0 Å². The van der Waals surface area contributed by atoms with Crippen LogP contribution in [0.1, 0.15) is 10.5 Å². The summed E-state index contributed by atoms with van der Waals surface area (Å²) in [6.45, 7) is 0. The number of hydrogen-bond donors (Lipinski definition) is 1. The first kappa shape index (κ1) is 13.5. The Balaban J connectivity index is 2.24. The van der Waals surface area contributed by atoms with E-state index >= 15 is 0 Å². The van der Waals surface area contributed by atoms with Crippen molar-refractivity contribution in [2.75, 3.05) is 17.7 Å². The predicted molar refractivity (Wildman–Crippen MR) is 74.5 cm³/mol. The molecule has 0 bridgehead atoms. The first-order valence-electron chi connectivity index (χ1n) is 5.73. The second-order valence-electron chi connectivity index (χ2n) is 4.11. The average molecular weight is 272 g/mol. The van der Waals surface area contributed by atoms with Crippen LogP contribution in [-0.4, -0.2) is 22.9 Å². The van der Waals surface area contributed by atoms with Crippen molar-refractivity contribution < 1.29 is 9.72 Å². The Morgan fingerprint density at radius 3 is 2.50 bits per heavy atom. The van der Waals surface area contributed by atoms with Crippen molar-refractivity contribution in [1.29, 1.82) is 0 Å². The number of nitrogen functional groups attached to an aromatic ring is 1. The van der Waals surface area contributed by atoms with Gasteiger partial charge in [0.15, 0.2) is 0 Å². The van der Waals surface area contributed by atoms with E-state index in [4.69, 9.17) is 5.73 Å². The number of carbonyl (C=O) groups is 1. The van der Waals surface area contributed by atoms with Gasteiger partial charge in [-0.2, -0.15) is 0 Å². The highest BCUT2D eigenvalue weighted by Gasteiger charge is 2.16. The van der Waals surface area contributed by atoms with Gasteiger partial charge in [-0.25, -0.2) is 0 Å². The number of benzene rings is 1. The second-order valence-corrected chi connectivity index (χ2v) is 4.11. The molecule has 0 aliphatic carbocycles. The number of anilines is 2. The van der Waals surface area contributed by atoms with E-state index in [0.717, 1.165) is 0 Å². The number of hydrogen-bond acceptors (Lipinski definition) is 5. The smallest absolute Gasteiger partial charge is 0.276 e. The fourth-order valence-electron chi connectivity index (χ4n) is 1.65. The second kappa shape index (κ2) is 5.35. The number of pyridine rings is 1. The van der Waals surface area contributed by atoms with Crippen LogP contribution in [0.25, 0.3) is 0 Å². The SMILES string of the molecule is CN(C(=O)c1cc(N)ccn1)c1ccc([N+](=O)[O-])cc1. The number of nitro groups is 1. The molecule has 0 radical (unpaired) electrons. The number of aromatic nitrogens is 1. The van der Waals surface area contributed by atoms with E-state index in [0.29, 0.717) is 11.4 Å². The molecule has 7 nitrogen and oxygen atoms in total. The van der Waals surface area contributed by atoms with Gasteiger partial charge in [0.1, 0.15) is 5.69 Å². The molecule has 0 atom stereocenters. The van der Waals surface area contributed by atoms with Crippen molar-refractivity contribution in [2.45, 2.75) is 0 Å². The van der Waals surface area contributed by atoms with Crippen LogP contribution in [0.3, 0.4) is 0 Å². The van der Waals surface area contributed by atoms with Gasteiger partial charge >= 0.3 is 0 Å². The van der Waals surface area contributed by atoms with Crippen molar-refractivity contribution in [3.8, 4) is 0 Å². The molecule has 1 amide bonds. The maximum atomic E-state index is 12.2. The first-order chi connectivity index (χ1) is 9.49. The molecule has 0 spiro atoms. The molecule has 0 saturated heterocycles.